The maximum absolute atomic E-state index is 13.2. The summed E-state index contributed by atoms with van der Waals surface area (Å²) in [6, 6.07) is 1.77. The van der Waals surface area contributed by atoms with Crippen molar-refractivity contribution >= 4 is 45.6 Å². The summed E-state index contributed by atoms with van der Waals surface area (Å²) in [4.78, 5) is 44.8. The van der Waals surface area contributed by atoms with Crippen LogP contribution < -0.4 is 10.6 Å². The SMILES string of the molecule is Cc1sc(C2CCCN2C(=O)CCNCCC(=O)OC(C)(C)C)cc1C(=O)Nc1ncc(F)s1. The van der Waals surface area contributed by atoms with Crippen LogP contribution in [0.25, 0.3) is 0 Å². The number of esters is 1. The largest absolute Gasteiger partial charge is 0.460 e. The zero-order valence-electron chi connectivity index (χ0n) is 19.9. The molecule has 1 unspecified atom stereocenters. The number of nitrogens with one attached hydrogen (secondary N) is 2. The van der Waals surface area contributed by atoms with Crippen LogP contribution in [0.2, 0.25) is 0 Å². The molecule has 34 heavy (non-hydrogen) atoms. The van der Waals surface area contributed by atoms with E-state index in [-0.39, 0.29) is 35.4 Å². The topological polar surface area (TPSA) is 101 Å². The molecule has 1 fully saturated rings. The summed E-state index contributed by atoms with van der Waals surface area (Å²) in [6.07, 6.45) is 3.40. The van der Waals surface area contributed by atoms with Gasteiger partial charge >= 0.3 is 5.97 Å². The van der Waals surface area contributed by atoms with Crippen molar-refractivity contribution in [1.29, 1.82) is 0 Å². The number of aromatic nitrogens is 1. The predicted molar refractivity (Wildman–Crippen MR) is 131 cm³/mol. The van der Waals surface area contributed by atoms with Crippen LogP contribution in [0.3, 0.4) is 0 Å². The molecule has 1 saturated heterocycles. The summed E-state index contributed by atoms with van der Waals surface area (Å²) < 4.78 is 18.4. The van der Waals surface area contributed by atoms with Crippen LogP contribution in [0.15, 0.2) is 12.3 Å². The molecule has 2 aromatic rings. The summed E-state index contributed by atoms with van der Waals surface area (Å²) in [5.74, 6) is -0.555. The highest BCUT2D eigenvalue weighted by Crippen LogP contribution is 2.38. The molecule has 8 nitrogen and oxygen atoms in total. The Kier molecular flexibility index (Phi) is 8.78. The van der Waals surface area contributed by atoms with Crippen molar-refractivity contribution in [2.45, 2.75) is 65.0 Å². The normalized spacial score (nSPS) is 16.0. The lowest BCUT2D eigenvalue weighted by atomic mass is 10.1. The number of anilines is 1. The molecule has 0 aliphatic carbocycles. The molecular weight excluding hydrogens is 479 g/mol. The Labute approximate surface area is 206 Å². The fourth-order valence-corrected chi connectivity index (χ4v) is 5.49. The molecule has 2 aromatic heterocycles. The third-order valence-electron chi connectivity index (χ3n) is 5.22. The molecule has 0 bridgehead atoms. The van der Waals surface area contributed by atoms with Gasteiger partial charge in [-0.25, -0.2) is 4.98 Å². The van der Waals surface area contributed by atoms with Gasteiger partial charge in [0.15, 0.2) is 10.3 Å². The molecule has 186 valence electrons. The first-order valence-electron chi connectivity index (χ1n) is 11.3. The van der Waals surface area contributed by atoms with E-state index in [4.69, 9.17) is 4.74 Å². The van der Waals surface area contributed by atoms with Gasteiger partial charge in [-0.2, -0.15) is 4.39 Å². The van der Waals surface area contributed by atoms with Crippen molar-refractivity contribution in [3.05, 3.63) is 32.7 Å². The molecule has 1 aliphatic rings. The number of thiazole rings is 1. The van der Waals surface area contributed by atoms with Crippen molar-refractivity contribution in [3.63, 3.8) is 0 Å². The Morgan fingerprint density at radius 3 is 2.65 bits per heavy atom. The average Bonchev–Trinajstić information content (AvgIpc) is 3.45. The highest BCUT2D eigenvalue weighted by Gasteiger charge is 2.31. The molecule has 2 N–H and O–H groups in total. The number of amides is 2. The zero-order valence-corrected chi connectivity index (χ0v) is 21.5. The van der Waals surface area contributed by atoms with Gasteiger partial charge in [-0.1, -0.05) is 11.3 Å². The maximum Gasteiger partial charge on any atom is 0.307 e. The van der Waals surface area contributed by atoms with Crippen molar-refractivity contribution < 1.29 is 23.5 Å². The van der Waals surface area contributed by atoms with Crippen molar-refractivity contribution in [3.8, 4) is 0 Å². The minimum atomic E-state index is -0.503. The third kappa shape index (κ3) is 7.31. The van der Waals surface area contributed by atoms with Crippen LogP contribution in [0.1, 0.15) is 72.6 Å². The summed E-state index contributed by atoms with van der Waals surface area (Å²) in [5.41, 5.74) is 0.00999. The summed E-state index contributed by atoms with van der Waals surface area (Å²) in [7, 11) is 0. The fraction of sp³-hybridized carbons (Fsp3) is 0.565. The lowest BCUT2D eigenvalue weighted by Gasteiger charge is -2.24. The van der Waals surface area contributed by atoms with Crippen LogP contribution in [0.5, 0.6) is 0 Å². The first kappa shape index (κ1) is 26.2. The number of carbonyl (C=O) groups is 3. The number of rotatable bonds is 9. The second kappa shape index (κ2) is 11.4. The first-order chi connectivity index (χ1) is 16.0. The maximum atomic E-state index is 13.2. The highest BCUT2D eigenvalue weighted by atomic mass is 32.1. The lowest BCUT2D eigenvalue weighted by Crippen LogP contribution is -2.33. The Hall–Kier alpha value is -2.37. The van der Waals surface area contributed by atoms with E-state index in [9.17, 15) is 18.8 Å². The molecule has 2 amide bonds. The van der Waals surface area contributed by atoms with E-state index in [0.717, 1.165) is 40.1 Å². The number of halogens is 1. The fourth-order valence-electron chi connectivity index (χ4n) is 3.78. The number of carbonyl (C=O) groups excluding carboxylic acids is 3. The summed E-state index contributed by atoms with van der Waals surface area (Å²) >= 11 is 2.28. The number of aryl methyl sites for hydroxylation is 1. The second-order valence-electron chi connectivity index (χ2n) is 9.12. The standard InChI is InChI=1S/C23H31FN4O4S2/c1-14-15(21(31)27-22-26-13-18(24)34-22)12-17(33-14)16-6-5-11-28(16)19(29)7-9-25-10-8-20(30)32-23(2,3)4/h12-13,16,25H,5-11H2,1-4H3,(H,26,27,31). The van der Waals surface area contributed by atoms with Crippen LogP contribution in [-0.2, 0) is 14.3 Å². The minimum absolute atomic E-state index is 0.0441. The van der Waals surface area contributed by atoms with Gasteiger partial charge in [-0.15, -0.1) is 11.3 Å². The number of thiophene rings is 1. The number of likely N-dealkylation sites (tertiary alicyclic amines) is 1. The Morgan fingerprint density at radius 1 is 1.24 bits per heavy atom. The van der Waals surface area contributed by atoms with Gasteiger partial charge < -0.3 is 15.0 Å². The Balaban J connectivity index is 1.50. The van der Waals surface area contributed by atoms with E-state index in [1.165, 1.54) is 11.3 Å². The molecule has 0 spiro atoms. The van der Waals surface area contributed by atoms with Crippen molar-refractivity contribution in [2.75, 3.05) is 25.0 Å². The van der Waals surface area contributed by atoms with E-state index in [1.54, 1.807) is 0 Å². The van der Waals surface area contributed by atoms with Gasteiger partial charge in [0.1, 0.15) is 5.60 Å². The smallest absolute Gasteiger partial charge is 0.307 e. The molecule has 1 aliphatic heterocycles. The number of ether oxygens (including phenoxy) is 1. The van der Waals surface area contributed by atoms with Gasteiger partial charge in [0, 0.05) is 35.8 Å². The minimum Gasteiger partial charge on any atom is -0.460 e. The number of nitrogens with zero attached hydrogens (tertiary/aromatic N) is 2. The predicted octanol–water partition coefficient (Wildman–Crippen LogP) is 4.28. The lowest BCUT2D eigenvalue weighted by molar-refractivity contribution is -0.154. The quantitative estimate of drug-likeness (QED) is 0.386. The monoisotopic (exact) mass is 510 g/mol. The summed E-state index contributed by atoms with van der Waals surface area (Å²) in [5, 5.41) is 5.52. The van der Waals surface area contributed by atoms with E-state index >= 15 is 0 Å². The van der Waals surface area contributed by atoms with E-state index in [2.05, 4.69) is 15.6 Å². The van der Waals surface area contributed by atoms with Gasteiger partial charge in [0.05, 0.1) is 24.2 Å². The molecule has 0 radical (unpaired) electrons. The third-order valence-corrected chi connectivity index (χ3v) is 7.08. The van der Waals surface area contributed by atoms with Gasteiger partial charge in [0.2, 0.25) is 5.91 Å². The molecular formula is C23H31FN4O4S2. The molecule has 0 aromatic carbocycles. The van der Waals surface area contributed by atoms with Crippen molar-refractivity contribution in [2.24, 2.45) is 0 Å². The van der Waals surface area contributed by atoms with E-state index < -0.39 is 10.7 Å². The molecule has 3 heterocycles. The van der Waals surface area contributed by atoms with Crippen molar-refractivity contribution in [1.82, 2.24) is 15.2 Å². The van der Waals surface area contributed by atoms with Crippen LogP contribution >= 0.6 is 22.7 Å². The Bertz CT molecular complexity index is 1030. The van der Waals surface area contributed by atoms with Gasteiger partial charge in [-0.3, -0.25) is 19.7 Å². The highest BCUT2D eigenvalue weighted by molar-refractivity contribution is 7.14. The summed E-state index contributed by atoms with van der Waals surface area (Å²) in [6.45, 7) is 8.96. The molecule has 1 atom stereocenters. The van der Waals surface area contributed by atoms with Crippen LogP contribution in [0, 0.1) is 12.1 Å². The van der Waals surface area contributed by atoms with Gasteiger partial charge in [0.25, 0.3) is 5.91 Å². The average molecular weight is 511 g/mol. The van der Waals surface area contributed by atoms with E-state index in [0.29, 0.717) is 31.6 Å². The van der Waals surface area contributed by atoms with Crippen LogP contribution in [0.4, 0.5) is 9.52 Å². The van der Waals surface area contributed by atoms with E-state index in [1.807, 2.05) is 38.7 Å². The molecule has 11 heteroatoms. The number of hydrogen-bond acceptors (Lipinski definition) is 8. The zero-order chi connectivity index (χ0) is 24.9. The second-order valence-corrected chi connectivity index (χ2v) is 11.4. The molecule has 0 saturated carbocycles. The molecule has 3 rings (SSSR count). The van der Waals surface area contributed by atoms with Crippen LogP contribution in [-0.4, -0.2) is 52.9 Å². The number of hydrogen-bond donors (Lipinski definition) is 2. The first-order valence-corrected chi connectivity index (χ1v) is 12.9. The van der Waals surface area contributed by atoms with Gasteiger partial charge in [-0.05, 0) is 46.6 Å². The Morgan fingerprint density at radius 2 is 1.97 bits per heavy atom.